The number of hydrogen-bond donors (Lipinski definition) is 0. The molecule has 0 aromatic heterocycles. The van der Waals surface area contributed by atoms with Crippen LogP contribution in [-0.4, -0.2) is 16.1 Å². The van der Waals surface area contributed by atoms with Crippen molar-refractivity contribution in [2.75, 3.05) is 0 Å². The van der Waals surface area contributed by atoms with Gasteiger partial charge in [-0.15, -0.1) is 0 Å². The molecule has 0 saturated heterocycles. The molecule has 0 spiro atoms. The maximum atomic E-state index is 2.63. The van der Waals surface area contributed by atoms with E-state index < -0.39 is 16.1 Å². The van der Waals surface area contributed by atoms with E-state index in [1.165, 1.54) is 33.4 Å². The molecule has 0 amide bonds. The highest BCUT2D eigenvalue weighted by Crippen LogP contribution is 2.52. The second kappa shape index (κ2) is 7.74. The zero-order valence-corrected chi connectivity index (χ0v) is 24.0. The second-order valence-corrected chi connectivity index (χ2v) is 21.0. The quantitative estimate of drug-likeness (QED) is 0.458. The molecule has 2 heteroatoms. The summed E-state index contributed by atoms with van der Waals surface area (Å²) in [7, 11) is -3.60. The Hall–Kier alpha value is -1.65. The van der Waals surface area contributed by atoms with Crippen LogP contribution in [0.1, 0.15) is 49.9 Å². The summed E-state index contributed by atoms with van der Waals surface area (Å²) in [6.07, 6.45) is 2.60. The average molecular weight is 447 g/mol. The number of hydrogen-bond acceptors (Lipinski definition) is 0. The molecule has 0 saturated carbocycles. The molecule has 2 aromatic carbocycles. The molecule has 0 aliphatic heterocycles. The molecule has 2 aromatic rings. The van der Waals surface area contributed by atoms with Crippen LogP contribution in [-0.2, 0) is 0 Å². The van der Waals surface area contributed by atoms with E-state index in [2.05, 4.69) is 118 Å². The van der Waals surface area contributed by atoms with Crippen molar-refractivity contribution in [2.24, 2.45) is 0 Å². The van der Waals surface area contributed by atoms with Crippen LogP contribution >= 0.6 is 0 Å². The predicted octanol–water partition coefficient (Wildman–Crippen LogP) is 6.71. The van der Waals surface area contributed by atoms with Crippen LogP contribution < -0.4 is 15.6 Å². The monoisotopic (exact) mass is 446 g/mol. The molecule has 3 rings (SSSR count). The lowest BCUT2D eigenvalue weighted by Gasteiger charge is -2.45. The largest absolute Gasteiger partial charge is 0.128 e. The zero-order chi connectivity index (χ0) is 23.5. The van der Waals surface area contributed by atoms with Gasteiger partial charge in [-0.2, -0.15) is 0 Å². The molecule has 0 fully saturated rings. The Bertz CT molecular complexity index is 1090. The molecule has 0 radical (unpaired) electrons. The van der Waals surface area contributed by atoms with Gasteiger partial charge >= 0.3 is 0 Å². The molecule has 2 unspecified atom stereocenters. The Morgan fingerprint density at radius 2 is 1.13 bits per heavy atom. The van der Waals surface area contributed by atoms with E-state index in [0.29, 0.717) is 0 Å². The van der Waals surface area contributed by atoms with Crippen LogP contribution in [0.15, 0.2) is 53.1 Å². The van der Waals surface area contributed by atoms with Crippen LogP contribution in [0.25, 0.3) is 0 Å². The van der Waals surface area contributed by atoms with Crippen molar-refractivity contribution in [3.05, 3.63) is 75.4 Å². The summed E-state index contributed by atoms with van der Waals surface area (Å²) in [6.45, 7) is 28.7. The number of allylic oxidation sites excluding steroid dienone is 4. The van der Waals surface area contributed by atoms with Gasteiger partial charge in [0.25, 0.3) is 0 Å². The first-order valence-electron chi connectivity index (χ1n) is 11.7. The highest BCUT2D eigenvalue weighted by molar-refractivity contribution is 7.04. The summed E-state index contributed by atoms with van der Waals surface area (Å²) in [5.41, 5.74) is 10.2. The van der Waals surface area contributed by atoms with Gasteiger partial charge in [-0.25, -0.2) is 0 Å². The van der Waals surface area contributed by atoms with Gasteiger partial charge in [0, 0.05) is 5.04 Å². The molecule has 0 N–H and O–H groups in total. The van der Waals surface area contributed by atoms with E-state index >= 15 is 0 Å². The molecule has 166 valence electrons. The molecule has 1 aliphatic carbocycles. The first kappa shape index (κ1) is 24.0. The van der Waals surface area contributed by atoms with Crippen molar-refractivity contribution in [3.63, 3.8) is 0 Å². The minimum absolute atomic E-state index is 0.0693. The van der Waals surface area contributed by atoms with E-state index in [4.69, 9.17) is 0 Å². The highest BCUT2D eigenvalue weighted by atomic mass is 28.3. The minimum Gasteiger partial charge on any atom is -0.0733 e. The van der Waals surface area contributed by atoms with E-state index in [1.54, 1.807) is 21.1 Å². The first-order chi connectivity index (χ1) is 14.1. The van der Waals surface area contributed by atoms with Gasteiger partial charge in [0.05, 0.1) is 8.07 Å². The molecule has 0 nitrogen and oxygen atoms in total. The van der Waals surface area contributed by atoms with Gasteiger partial charge in [-0.05, 0) is 70.7 Å². The number of benzene rings is 2. The Morgan fingerprint density at radius 1 is 0.645 bits per heavy atom. The fourth-order valence-corrected chi connectivity index (χ4v) is 11.8. The summed E-state index contributed by atoms with van der Waals surface area (Å²) >= 11 is 0. The minimum atomic E-state index is -2.18. The van der Waals surface area contributed by atoms with Gasteiger partial charge < -0.3 is 0 Å². The standard InChI is InChI=1S/C29H42Si2/c1-19-13-26(30(9,10)11)17-27(14-19)31(12,28-15-20(2)23(5)21(3)16-28)29(8)18-22(4)24(6)25(29)7/h13-18H,1-12H3. The van der Waals surface area contributed by atoms with Crippen molar-refractivity contribution in [3.8, 4) is 0 Å². The third-order valence-corrected chi connectivity index (χ3v) is 16.0. The van der Waals surface area contributed by atoms with Crippen molar-refractivity contribution in [2.45, 2.75) is 86.6 Å². The maximum Gasteiger partial charge on any atom is 0.128 e. The first-order valence-corrected chi connectivity index (χ1v) is 17.7. The van der Waals surface area contributed by atoms with E-state index in [9.17, 15) is 0 Å². The second-order valence-electron chi connectivity index (χ2n) is 11.5. The van der Waals surface area contributed by atoms with Gasteiger partial charge in [0.15, 0.2) is 0 Å². The van der Waals surface area contributed by atoms with Gasteiger partial charge in [-0.1, -0.05) is 102 Å². The smallest absolute Gasteiger partial charge is 0.0733 e. The summed E-state index contributed by atoms with van der Waals surface area (Å²) in [5, 5.41) is 4.82. The van der Waals surface area contributed by atoms with Crippen molar-refractivity contribution >= 4 is 31.7 Å². The predicted molar refractivity (Wildman–Crippen MR) is 146 cm³/mol. The van der Waals surface area contributed by atoms with Crippen LogP contribution in [0, 0.1) is 27.7 Å². The van der Waals surface area contributed by atoms with Gasteiger partial charge in [0.2, 0.25) is 0 Å². The summed E-state index contributed by atoms with van der Waals surface area (Å²) in [6, 6.07) is 12.6. The Labute approximate surface area is 193 Å². The van der Waals surface area contributed by atoms with Gasteiger partial charge in [0.1, 0.15) is 8.07 Å². The highest BCUT2D eigenvalue weighted by Gasteiger charge is 2.51. The number of rotatable bonds is 4. The van der Waals surface area contributed by atoms with Crippen molar-refractivity contribution < 1.29 is 0 Å². The third kappa shape index (κ3) is 3.76. The molecule has 0 bridgehead atoms. The summed E-state index contributed by atoms with van der Waals surface area (Å²) < 4.78 is 0. The third-order valence-electron chi connectivity index (χ3n) is 8.50. The van der Waals surface area contributed by atoms with Crippen LogP contribution in [0.2, 0.25) is 31.2 Å². The summed E-state index contributed by atoms with van der Waals surface area (Å²) in [4.78, 5) is 0. The maximum absolute atomic E-state index is 2.63. The van der Waals surface area contributed by atoms with E-state index in [0.717, 1.165) is 0 Å². The Kier molecular flexibility index (Phi) is 5.99. The SMILES string of the molecule is CC1=CC(C)([Si](C)(c2cc(C)cc([Si](C)(C)C)c2)c2cc(C)c(C)c(C)c2)C(C)=C1C. The van der Waals surface area contributed by atoms with Crippen molar-refractivity contribution in [1.82, 2.24) is 0 Å². The average Bonchev–Trinajstić information content (AvgIpc) is 2.87. The van der Waals surface area contributed by atoms with E-state index in [-0.39, 0.29) is 5.04 Å². The Balaban J connectivity index is 2.45. The fraction of sp³-hybridized carbons (Fsp3) is 0.448. The molecule has 31 heavy (non-hydrogen) atoms. The lowest BCUT2D eigenvalue weighted by atomic mass is 10.0. The van der Waals surface area contributed by atoms with E-state index in [1.807, 2.05) is 0 Å². The van der Waals surface area contributed by atoms with Crippen LogP contribution in [0.3, 0.4) is 0 Å². The number of aryl methyl sites for hydroxylation is 3. The topological polar surface area (TPSA) is 0 Å². The lowest BCUT2D eigenvalue weighted by Crippen LogP contribution is -2.64. The van der Waals surface area contributed by atoms with Crippen molar-refractivity contribution in [1.29, 1.82) is 0 Å². The lowest BCUT2D eigenvalue weighted by molar-refractivity contribution is 0.864. The molecule has 0 heterocycles. The zero-order valence-electron chi connectivity index (χ0n) is 22.0. The fourth-order valence-electron chi connectivity index (χ4n) is 5.45. The molecular formula is C29H42Si2. The molecular weight excluding hydrogens is 404 g/mol. The van der Waals surface area contributed by atoms with Crippen LogP contribution in [0.5, 0.6) is 0 Å². The molecule has 2 atom stereocenters. The normalized spacial score (nSPS) is 21.4. The van der Waals surface area contributed by atoms with Crippen LogP contribution in [0.4, 0.5) is 0 Å². The molecule has 1 aliphatic rings. The summed E-state index contributed by atoms with van der Waals surface area (Å²) in [5.74, 6) is 0. The van der Waals surface area contributed by atoms with Gasteiger partial charge in [-0.3, -0.25) is 0 Å². The Morgan fingerprint density at radius 3 is 1.58 bits per heavy atom.